The quantitative estimate of drug-likeness (QED) is 0.637. The van der Waals surface area contributed by atoms with E-state index in [0.29, 0.717) is 26.1 Å². The molecule has 2 unspecified atom stereocenters. The second-order valence-electron chi connectivity index (χ2n) is 3.87. The predicted molar refractivity (Wildman–Crippen MR) is 43.2 cm³/mol. The summed E-state index contributed by atoms with van der Waals surface area (Å²) >= 11 is 0. The Bertz CT molecular complexity index is 232. The van der Waals surface area contributed by atoms with Crippen molar-refractivity contribution in [3.05, 3.63) is 0 Å². The van der Waals surface area contributed by atoms with Crippen molar-refractivity contribution in [1.29, 1.82) is 0 Å². The highest BCUT2D eigenvalue weighted by atomic mass is 16.5. The molecule has 0 aromatic carbocycles. The lowest BCUT2D eigenvalue weighted by molar-refractivity contribution is -0.159. The molecular formula is C9H12O4. The molecule has 0 aromatic heterocycles. The molecule has 2 aliphatic rings. The molecule has 2 fully saturated rings. The summed E-state index contributed by atoms with van der Waals surface area (Å²) in [6, 6.07) is 0. The van der Waals surface area contributed by atoms with Crippen LogP contribution in [0.25, 0.3) is 0 Å². The third kappa shape index (κ3) is 1.46. The second-order valence-corrected chi connectivity index (χ2v) is 3.87. The summed E-state index contributed by atoms with van der Waals surface area (Å²) in [7, 11) is 0. The highest BCUT2D eigenvalue weighted by molar-refractivity contribution is 5.83. The van der Waals surface area contributed by atoms with Crippen LogP contribution in [0.15, 0.2) is 0 Å². The van der Waals surface area contributed by atoms with Crippen LogP contribution in [0.5, 0.6) is 0 Å². The molecule has 0 spiro atoms. The second kappa shape index (κ2) is 3.10. The fourth-order valence-corrected chi connectivity index (χ4v) is 2.41. The molecule has 4 heteroatoms. The highest BCUT2D eigenvalue weighted by Crippen LogP contribution is 2.37. The highest BCUT2D eigenvalue weighted by Gasteiger charge is 2.44. The van der Waals surface area contributed by atoms with E-state index in [1.54, 1.807) is 0 Å². The molecule has 0 radical (unpaired) electrons. The van der Waals surface area contributed by atoms with Crippen molar-refractivity contribution in [2.45, 2.75) is 12.8 Å². The van der Waals surface area contributed by atoms with Crippen molar-refractivity contribution in [1.82, 2.24) is 0 Å². The smallest absolute Gasteiger partial charge is 0.307 e. The van der Waals surface area contributed by atoms with E-state index in [2.05, 4.69) is 0 Å². The minimum Gasteiger partial charge on any atom is -0.481 e. The van der Waals surface area contributed by atoms with Crippen molar-refractivity contribution < 1.29 is 19.4 Å². The molecule has 1 heterocycles. The Morgan fingerprint density at radius 1 is 1.31 bits per heavy atom. The van der Waals surface area contributed by atoms with Gasteiger partial charge in [0.2, 0.25) is 0 Å². The minimum absolute atomic E-state index is 0.0856. The molecule has 0 aromatic rings. The Hall–Kier alpha value is -0.900. The summed E-state index contributed by atoms with van der Waals surface area (Å²) in [6.45, 7) is 0.860. The Morgan fingerprint density at radius 2 is 1.85 bits per heavy atom. The van der Waals surface area contributed by atoms with E-state index in [1.807, 2.05) is 0 Å². The van der Waals surface area contributed by atoms with E-state index in [9.17, 15) is 9.59 Å². The number of carbonyl (C=O) groups excluding carboxylic acids is 1. The zero-order valence-electron chi connectivity index (χ0n) is 7.23. The first-order valence-electron chi connectivity index (χ1n) is 4.50. The summed E-state index contributed by atoms with van der Waals surface area (Å²) in [6.07, 6.45) is 0.765. The lowest BCUT2D eigenvalue weighted by atomic mass is 9.70. The van der Waals surface area contributed by atoms with E-state index >= 15 is 0 Å². The number of carbonyl (C=O) groups is 2. The first-order valence-corrected chi connectivity index (χ1v) is 4.50. The molecule has 1 aliphatic heterocycles. The number of ketones is 1. The topological polar surface area (TPSA) is 63.6 Å². The van der Waals surface area contributed by atoms with Crippen LogP contribution >= 0.6 is 0 Å². The van der Waals surface area contributed by atoms with Gasteiger partial charge in [-0.05, 0) is 0 Å². The Balaban J connectivity index is 2.19. The Kier molecular flexibility index (Phi) is 2.07. The number of fused-ring (bicyclic) bond motifs is 2. The van der Waals surface area contributed by atoms with E-state index in [0.717, 1.165) is 0 Å². The van der Waals surface area contributed by atoms with Crippen molar-refractivity contribution in [3.63, 3.8) is 0 Å². The number of ether oxygens (including phenoxy) is 1. The van der Waals surface area contributed by atoms with E-state index in [-0.39, 0.29) is 23.5 Å². The average Bonchev–Trinajstić information content (AvgIpc) is 2.01. The van der Waals surface area contributed by atoms with Gasteiger partial charge in [0.05, 0.1) is 19.1 Å². The molecule has 72 valence electrons. The fourth-order valence-electron chi connectivity index (χ4n) is 2.41. The maximum absolute atomic E-state index is 11.2. The Morgan fingerprint density at radius 3 is 2.31 bits per heavy atom. The van der Waals surface area contributed by atoms with Gasteiger partial charge in [0.25, 0.3) is 0 Å². The van der Waals surface area contributed by atoms with E-state index in [4.69, 9.17) is 9.84 Å². The van der Waals surface area contributed by atoms with Gasteiger partial charge in [0.1, 0.15) is 5.78 Å². The van der Waals surface area contributed by atoms with Crippen molar-refractivity contribution in [3.8, 4) is 0 Å². The summed E-state index contributed by atoms with van der Waals surface area (Å²) in [4.78, 5) is 22.1. The summed E-state index contributed by atoms with van der Waals surface area (Å²) in [5.41, 5.74) is 0. The maximum Gasteiger partial charge on any atom is 0.307 e. The lowest BCUT2D eigenvalue weighted by Crippen LogP contribution is -2.46. The normalized spacial score (nSPS) is 38.8. The summed E-state index contributed by atoms with van der Waals surface area (Å²) in [5.74, 6) is -1.11. The number of aliphatic carboxylic acids is 1. The lowest BCUT2D eigenvalue weighted by Gasteiger charge is -2.38. The number of rotatable bonds is 1. The van der Waals surface area contributed by atoms with Gasteiger partial charge in [-0.25, -0.2) is 0 Å². The third-order valence-electron chi connectivity index (χ3n) is 2.94. The number of carboxylic acid groups (broad SMARTS) is 1. The van der Waals surface area contributed by atoms with Crippen LogP contribution in [0, 0.1) is 17.8 Å². The van der Waals surface area contributed by atoms with Crippen molar-refractivity contribution in [2.24, 2.45) is 17.8 Å². The van der Waals surface area contributed by atoms with E-state index < -0.39 is 5.97 Å². The van der Waals surface area contributed by atoms with Gasteiger partial charge >= 0.3 is 5.97 Å². The average molecular weight is 184 g/mol. The van der Waals surface area contributed by atoms with E-state index in [1.165, 1.54) is 0 Å². The van der Waals surface area contributed by atoms with Crippen molar-refractivity contribution in [2.75, 3.05) is 13.2 Å². The van der Waals surface area contributed by atoms with Crippen LogP contribution in [0.1, 0.15) is 12.8 Å². The van der Waals surface area contributed by atoms with Crippen LogP contribution in [-0.2, 0) is 14.3 Å². The zero-order chi connectivity index (χ0) is 9.42. The third-order valence-corrected chi connectivity index (χ3v) is 2.94. The summed E-state index contributed by atoms with van der Waals surface area (Å²) < 4.78 is 5.25. The molecule has 13 heavy (non-hydrogen) atoms. The molecule has 2 atom stereocenters. The number of carboxylic acids is 1. The molecule has 1 aliphatic carbocycles. The molecule has 2 rings (SSSR count). The monoisotopic (exact) mass is 184 g/mol. The molecule has 1 saturated heterocycles. The first-order chi connectivity index (χ1) is 6.18. The van der Waals surface area contributed by atoms with Crippen LogP contribution in [0.3, 0.4) is 0 Å². The fraction of sp³-hybridized carbons (Fsp3) is 0.778. The van der Waals surface area contributed by atoms with Gasteiger partial charge in [0.15, 0.2) is 0 Å². The SMILES string of the molecule is O=C1CC2COCC(C1)C2C(=O)O. The van der Waals surface area contributed by atoms with Gasteiger partial charge in [-0.1, -0.05) is 0 Å². The maximum atomic E-state index is 11.2. The molecule has 0 amide bonds. The van der Waals surface area contributed by atoms with Crippen LogP contribution in [-0.4, -0.2) is 30.1 Å². The molecule has 1 saturated carbocycles. The van der Waals surface area contributed by atoms with Crippen LogP contribution < -0.4 is 0 Å². The largest absolute Gasteiger partial charge is 0.481 e. The summed E-state index contributed by atoms with van der Waals surface area (Å²) in [5, 5.41) is 8.96. The Labute approximate surface area is 75.9 Å². The van der Waals surface area contributed by atoms with Gasteiger partial charge in [0, 0.05) is 24.7 Å². The zero-order valence-corrected chi connectivity index (χ0v) is 7.23. The molecular weight excluding hydrogens is 172 g/mol. The first kappa shape index (κ1) is 8.69. The van der Waals surface area contributed by atoms with Crippen molar-refractivity contribution >= 4 is 11.8 Å². The van der Waals surface area contributed by atoms with Gasteiger partial charge in [-0.3, -0.25) is 9.59 Å². The molecule has 4 nitrogen and oxygen atoms in total. The minimum atomic E-state index is -0.772. The van der Waals surface area contributed by atoms with Crippen LogP contribution in [0.4, 0.5) is 0 Å². The van der Waals surface area contributed by atoms with Gasteiger partial charge < -0.3 is 9.84 Å². The predicted octanol–water partition coefficient (Wildman–Crippen LogP) is 0.313. The van der Waals surface area contributed by atoms with Crippen LogP contribution in [0.2, 0.25) is 0 Å². The van der Waals surface area contributed by atoms with Gasteiger partial charge in [-0.2, -0.15) is 0 Å². The standard InChI is InChI=1S/C9H12O4/c10-7-1-5-3-13-4-6(2-7)8(5)9(11)12/h5-6,8H,1-4H2,(H,11,12). The number of Topliss-reactive ketones (excluding diaryl/α,β-unsaturated/α-hetero) is 1. The molecule has 1 N–H and O–H groups in total. The molecule has 2 bridgehead atoms. The number of hydrogen-bond donors (Lipinski definition) is 1. The van der Waals surface area contributed by atoms with Gasteiger partial charge in [-0.15, -0.1) is 0 Å². The number of hydrogen-bond acceptors (Lipinski definition) is 3.